The van der Waals surface area contributed by atoms with Crippen molar-refractivity contribution in [3.05, 3.63) is 21.4 Å². The van der Waals surface area contributed by atoms with E-state index in [1.165, 1.54) is 16.2 Å². The molecular formula is C11H14OS2. The molecule has 0 bridgehead atoms. The van der Waals surface area contributed by atoms with Crippen LogP contribution in [0.3, 0.4) is 0 Å². The van der Waals surface area contributed by atoms with Crippen molar-refractivity contribution < 1.29 is 4.79 Å². The highest BCUT2D eigenvalue weighted by Crippen LogP contribution is 2.32. The highest BCUT2D eigenvalue weighted by Gasteiger charge is 2.16. The average molecular weight is 226 g/mol. The summed E-state index contributed by atoms with van der Waals surface area (Å²) in [6.07, 6.45) is 2.81. The standard InChI is InChI=1S/C11H14OS2/c1-2-3-9(12)11-6-8-7-13-5-4-10(8)14-11/h6H,2-5,7H2,1H3. The van der Waals surface area contributed by atoms with Crippen molar-refractivity contribution in [3.63, 3.8) is 0 Å². The number of thioether (sulfide) groups is 1. The molecule has 0 atom stereocenters. The minimum atomic E-state index is 0.330. The van der Waals surface area contributed by atoms with Gasteiger partial charge in [-0.05, 0) is 30.2 Å². The third-order valence-corrected chi connectivity index (χ3v) is 4.67. The summed E-state index contributed by atoms with van der Waals surface area (Å²) in [7, 11) is 0. The summed E-state index contributed by atoms with van der Waals surface area (Å²) < 4.78 is 0. The number of carbonyl (C=O) groups is 1. The molecule has 1 aliphatic rings. The number of ketones is 1. The van der Waals surface area contributed by atoms with Crippen LogP contribution in [0.25, 0.3) is 0 Å². The van der Waals surface area contributed by atoms with Crippen molar-refractivity contribution >= 4 is 28.9 Å². The summed E-state index contributed by atoms with van der Waals surface area (Å²) in [6, 6.07) is 2.12. The fourth-order valence-corrected chi connectivity index (χ4v) is 3.97. The Morgan fingerprint density at radius 2 is 2.43 bits per heavy atom. The maximum atomic E-state index is 11.7. The van der Waals surface area contributed by atoms with Gasteiger partial charge in [0.15, 0.2) is 5.78 Å². The van der Waals surface area contributed by atoms with E-state index in [2.05, 4.69) is 13.0 Å². The number of aryl methyl sites for hydroxylation is 1. The summed E-state index contributed by atoms with van der Waals surface area (Å²) >= 11 is 3.69. The lowest BCUT2D eigenvalue weighted by Gasteiger charge is -2.08. The van der Waals surface area contributed by atoms with E-state index in [9.17, 15) is 4.79 Å². The second-order valence-electron chi connectivity index (χ2n) is 3.53. The SMILES string of the molecule is CCCC(=O)c1cc2c(s1)CCSC2. The largest absolute Gasteiger partial charge is 0.293 e. The van der Waals surface area contributed by atoms with E-state index in [-0.39, 0.29) is 0 Å². The van der Waals surface area contributed by atoms with Gasteiger partial charge in [0.1, 0.15) is 0 Å². The molecule has 76 valence electrons. The number of hydrogen-bond donors (Lipinski definition) is 0. The Hall–Kier alpha value is -0.280. The molecule has 0 aromatic carbocycles. The van der Waals surface area contributed by atoms with E-state index >= 15 is 0 Å². The van der Waals surface area contributed by atoms with Gasteiger partial charge in [-0.2, -0.15) is 11.8 Å². The van der Waals surface area contributed by atoms with E-state index in [1.54, 1.807) is 11.3 Å². The molecule has 0 amide bonds. The van der Waals surface area contributed by atoms with Crippen LogP contribution in [0.2, 0.25) is 0 Å². The van der Waals surface area contributed by atoms with Crippen LogP contribution in [-0.2, 0) is 12.2 Å². The molecule has 0 saturated heterocycles. The first-order valence-corrected chi connectivity index (χ1v) is 7.01. The van der Waals surface area contributed by atoms with Crippen molar-refractivity contribution in [1.82, 2.24) is 0 Å². The van der Waals surface area contributed by atoms with Crippen LogP contribution >= 0.6 is 23.1 Å². The van der Waals surface area contributed by atoms with E-state index in [0.717, 1.165) is 23.5 Å². The second kappa shape index (κ2) is 4.49. The van der Waals surface area contributed by atoms with Crippen LogP contribution in [0.4, 0.5) is 0 Å². The van der Waals surface area contributed by atoms with Crippen molar-refractivity contribution in [2.24, 2.45) is 0 Å². The lowest BCUT2D eigenvalue weighted by molar-refractivity contribution is 0.0985. The number of carbonyl (C=O) groups excluding carboxylic acids is 1. The molecule has 1 aliphatic heterocycles. The Kier molecular flexibility index (Phi) is 3.29. The van der Waals surface area contributed by atoms with Crippen LogP contribution < -0.4 is 0 Å². The average Bonchev–Trinajstić information content (AvgIpc) is 2.61. The maximum Gasteiger partial charge on any atom is 0.172 e. The molecule has 0 fully saturated rings. The number of hydrogen-bond acceptors (Lipinski definition) is 3. The minimum Gasteiger partial charge on any atom is -0.293 e. The van der Waals surface area contributed by atoms with Gasteiger partial charge >= 0.3 is 0 Å². The molecule has 3 heteroatoms. The van der Waals surface area contributed by atoms with Gasteiger partial charge in [0, 0.05) is 17.1 Å². The molecule has 14 heavy (non-hydrogen) atoms. The molecule has 1 nitrogen and oxygen atoms in total. The monoisotopic (exact) mass is 226 g/mol. The fourth-order valence-electron chi connectivity index (χ4n) is 1.63. The zero-order valence-electron chi connectivity index (χ0n) is 8.34. The van der Waals surface area contributed by atoms with Gasteiger partial charge in [0.05, 0.1) is 4.88 Å². The quantitative estimate of drug-likeness (QED) is 0.734. The fraction of sp³-hybridized carbons (Fsp3) is 0.545. The minimum absolute atomic E-state index is 0.330. The summed E-state index contributed by atoms with van der Waals surface area (Å²) in [5, 5.41) is 0. The van der Waals surface area contributed by atoms with Crippen LogP contribution in [0.1, 0.15) is 39.9 Å². The first kappa shape index (κ1) is 10.2. The van der Waals surface area contributed by atoms with Gasteiger partial charge in [-0.15, -0.1) is 11.3 Å². The number of thiophene rings is 1. The van der Waals surface area contributed by atoms with Crippen LogP contribution in [-0.4, -0.2) is 11.5 Å². The van der Waals surface area contributed by atoms with Crippen molar-refractivity contribution in [3.8, 4) is 0 Å². The Morgan fingerprint density at radius 1 is 1.57 bits per heavy atom. The maximum absolute atomic E-state index is 11.7. The highest BCUT2D eigenvalue weighted by atomic mass is 32.2. The number of Topliss-reactive ketones (excluding diaryl/α,β-unsaturated/α-hetero) is 1. The van der Waals surface area contributed by atoms with Gasteiger partial charge in [-0.25, -0.2) is 0 Å². The topological polar surface area (TPSA) is 17.1 Å². The lowest BCUT2D eigenvalue weighted by atomic mass is 10.1. The molecule has 0 unspecified atom stereocenters. The normalized spacial score (nSPS) is 15.2. The molecule has 0 spiro atoms. The number of fused-ring (bicyclic) bond motifs is 1. The first-order chi connectivity index (χ1) is 6.81. The summed E-state index contributed by atoms with van der Waals surface area (Å²) in [5.74, 6) is 2.65. The highest BCUT2D eigenvalue weighted by molar-refractivity contribution is 7.98. The third-order valence-electron chi connectivity index (χ3n) is 2.38. The summed E-state index contributed by atoms with van der Waals surface area (Å²) in [5.41, 5.74) is 1.41. The van der Waals surface area contributed by atoms with Gasteiger partial charge in [0.2, 0.25) is 0 Å². The molecular weight excluding hydrogens is 212 g/mol. The van der Waals surface area contributed by atoms with E-state index in [0.29, 0.717) is 12.2 Å². The van der Waals surface area contributed by atoms with E-state index < -0.39 is 0 Å². The second-order valence-corrected chi connectivity index (χ2v) is 5.78. The Bertz CT molecular complexity index is 318. The van der Waals surface area contributed by atoms with Crippen molar-refractivity contribution in [2.75, 3.05) is 5.75 Å². The zero-order chi connectivity index (χ0) is 9.97. The predicted molar refractivity (Wildman–Crippen MR) is 63.4 cm³/mol. The molecule has 1 aromatic heterocycles. The van der Waals surface area contributed by atoms with E-state index in [4.69, 9.17) is 0 Å². The smallest absolute Gasteiger partial charge is 0.172 e. The number of rotatable bonds is 3. The lowest BCUT2D eigenvalue weighted by Crippen LogP contribution is -1.96. The van der Waals surface area contributed by atoms with Gasteiger partial charge < -0.3 is 0 Å². The van der Waals surface area contributed by atoms with Crippen LogP contribution in [0, 0.1) is 0 Å². The Balaban J connectivity index is 2.19. The molecule has 2 rings (SSSR count). The predicted octanol–water partition coefficient (Wildman–Crippen LogP) is 3.52. The summed E-state index contributed by atoms with van der Waals surface area (Å²) in [4.78, 5) is 14.1. The molecule has 0 aliphatic carbocycles. The molecule has 2 heterocycles. The summed E-state index contributed by atoms with van der Waals surface area (Å²) in [6.45, 7) is 2.06. The van der Waals surface area contributed by atoms with E-state index in [1.807, 2.05) is 11.8 Å². The van der Waals surface area contributed by atoms with Crippen molar-refractivity contribution in [2.45, 2.75) is 31.9 Å². The van der Waals surface area contributed by atoms with Gasteiger partial charge in [-0.3, -0.25) is 4.79 Å². The Labute approximate surface area is 92.9 Å². The van der Waals surface area contributed by atoms with Gasteiger partial charge in [0.25, 0.3) is 0 Å². The third kappa shape index (κ3) is 2.04. The molecule has 0 N–H and O–H groups in total. The molecule has 1 aromatic rings. The van der Waals surface area contributed by atoms with Crippen LogP contribution in [0.5, 0.6) is 0 Å². The molecule has 0 saturated carbocycles. The molecule has 0 radical (unpaired) electrons. The van der Waals surface area contributed by atoms with Gasteiger partial charge in [-0.1, -0.05) is 6.92 Å². The van der Waals surface area contributed by atoms with Crippen molar-refractivity contribution in [1.29, 1.82) is 0 Å². The Morgan fingerprint density at radius 3 is 3.14 bits per heavy atom. The van der Waals surface area contributed by atoms with Crippen LogP contribution in [0.15, 0.2) is 6.07 Å². The zero-order valence-corrected chi connectivity index (χ0v) is 9.97. The first-order valence-electron chi connectivity index (χ1n) is 5.03.